The Kier molecular flexibility index (Phi) is 2.65. The molecule has 0 aliphatic rings. The Balaban J connectivity index is 3.22. The zero-order valence-corrected chi connectivity index (χ0v) is 7.81. The van der Waals surface area contributed by atoms with Crippen LogP contribution in [0.2, 0.25) is 0 Å². The first-order valence-electron chi connectivity index (χ1n) is 3.54. The largest absolute Gasteiger partial charge is 0.340 e. The summed E-state index contributed by atoms with van der Waals surface area (Å²) >= 11 is 5.89. The standard InChI is InChI=1S/C8H10ClN3/c1-4-6(9)7-8(10-3)12-5(2)11-7/h4H,3H2,1-2H3,(H,11,12)/b6-4+. The maximum absolute atomic E-state index is 5.89. The molecule has 0 spiro atoms. The molecule has 1 rings (SSSR count). The van der Waals surface area contributed by atoms with Crippen LogP contribution in [-0.2, 0) is 0 Å². The van der Waals surface area contributed by atoms with Gasteiger partial charge < -0.3 is 4.98 Å². The number of hydrogen-bond donors (Lipinski definition) is 1. The van der Waals surface area contributed by atoms with Crippen LogP contribution in [0.5, 0.6) is 0 Å². The summed E-state index contributed by atoms with van der Waals surface area (Å²) < 4.78 is 0. The van der Waals surface area contributed by atoms with Gasteiger partial charge in [-0.1, -0.05) is 17.7 Å². The molecule has 0 unspecified atom stereocenters. The van der Waals surface area contributed by atoms with Gasteiger partial charge in [-0.3, -0.25) is 0 Å². The number of aryl methyl sites for hydroxylation is 1. The number of aromatic nitrogens is 2. The summed E-state index contributed by atoms with van der Waals surface area (Å²) in [4.78, 5) is 10.8. The first-order chi connectivity index (χ1) is 5.69. The third-order valence-corrected chi connectivity index (χ3v) is 1.85. The molecule has 64 valence electrons. The monoisotopic (exact) mass is 183 g/mol. The highest BCUT2D eigenvalue weighted by atomic mass is 35.5. The average molecular weight is 184 g/mol. The van der Waals surface area contributed by atoms with E-state index in [0.717, 1.165) is 11.5 Å². The van der Waals surface area contributed by atoms with Crippen molar-refractivity contribution in [1.29, 1.82) is 0 Å². The van der Waals surface area contributed by atoms with Gasteiger partial charge in [0.25, 0.3) is 0 Å². The second-order valence-electron chi connectivity index (χ2n) is 2.32. The van der Waals surface area contributed by atoms with Gasteiger partial charge in [0.05, 0.1) is 5.03 Å². The third-order valence-electron chi connectivity index (χ3n) is 1.45. The van der Waals surface area contributed by atoms with Gasteiger partial charge in [-0.05, 0) is 20.6 Å². The van der Waals surface area contributed by atoms with Crippen LogP contribution in [0.1, 0.15) is 18.4 Å². The number of H-pyrrole nitrogens is 1. The maximum atomic E-state index is 5.89. The summed E-state index contributed by atoms with van der Waals surface area (Å²) in [7, 11) is 0. The number of nitrogens with one attached hydrogen (secondary N) is 1. The fraction of sp³-hybridized carbons (Fsp3) is 0.250. The lowest BCUT2D eigenvalue weighted by Gasteiger charge is -1.93. The SMILES string of the molecule is C=Nc1nc(C)[nH]c1/C(Cl)=C\C. The molecule has 1 heterocycles. The van der Waals surface area contributed by atoms with E-state index in [1.54, 1.807) is 6.08 Å². The fourth-order valence-corrected chi connectivity index (χ4v) is 1.04. The summed E-state index contributed by atoms with van der Waals surface area (Å²) in [5, 5.41) is 0.609. The highest BCUT2D eigenvalue weighted by Crippen LogP contribution is 2.25. The summed E-state index contributed by atoms with van der Waals surface area (Å²) in [5.41, 5.74) is 0.728. The summed E-state index contributed by atoms with van der Waals surface area (Å²) in [6, 6.07) is 0. The molecule has 3 nitrogen and oxygen atoms in total. The Morgan fingerprint density at radius 3 is 2.92 bits per heavy atom. The van der Waals surface area contributed by atoms with Gasteiger partial charge in [-0.2, -0.15) is 0 Å². The van der Waals surface area contributed by atoms with Crippen LogP contribution in [0.3, 0.4) is 0 Å². The van der Waals surface area contributed by atoms with Crippen LogP contribution < -0.4 is 0 Å². The number of nitrogens with zero attached hydrogens (tertiary/aromatic N) is 2. The van der Waals surface area contributed by atoms with Crippen molar-refractivity contribution in [2.45, 2.75) is 13.8 Å². The van der Waals surface area contributed by atoms with Crippen LogP contribution in [-0.4, -0.2) is 16.7 Å². The fourth-order valence-electron chi connectivity index (χ4n) is 0.905. The van der Waals surface area contributed by atoms with Gasteiger partial charge in [0.1, 0.15) is 11.5 Å². The van der Waals surface area contributed by atoms with E-state index < -0.39 is 0 Å². The van der Waals surface area contributed by atoms with E-state index in [1.165, 1.54) is 0 Å². The van der Waals surface area contributed by atoms with E-state index in [4.69, 9.17) is 11.6 Å². The van der Waals surface area contributed by atoms with Crippen molar-refractivity contribution in [3.63, 3.8) is 0 Å². The Hall–Kier alpha value is -1.09. The smallest absolute Gasteiger partial charge is 0.178 e. The van der Waals surface area contributed by atoms with E-state index >= 15 is 0 Å². The highest BCUT2D eigenvalue weighted by Gasteiger charge is 2.08. The second-order valence-corrected chi connectivity index (χ2v) is 2.72. The van der Waals surface area contributed by atoms with E-state index in [2.05, 4.69) is 21.7 Å². The molecule has 12 heavy (non-hydrogen) atoms. The minimum absolute atomic E-state index is 0.551. The summed E-state index contributed by atoms with van der Waals surface area (Å²) in [5.74, 6) is 1.34. The van der Waals surface area contributed by atoms with Crippen LogP contribution in [0, 0.1) is 6.92 Å². The molecule has 0 radical (unpaired) electrons. The van der Waals surface area contributed by atoms with Crippen molar-refractivity contribution < 1.29 is 0 Å². The van der Waals surface area contributed by atoms with Gasteiger partial charge >= 0.3 is 0 Å². The molecule has 0 saturated heterocycles. The van der Waals surface area contributed by atoms with Gasteiger partial charge in [0.15, 0.2) is 5.82 Å². The predicted molar refractivity (Wildman–Crippen MR) is 52.0 cm³/mol. The minimum Gasteiger partial charge on any atom is -0.340 e. The van der Waals surface area contributed by atoms with Crippen LogP contribution in [0.15, 0.2) is 11.1 Å². The summed E-state index contributed by atoms with van der Waals surface area (Å²) in [6.07, 6.45) is 1.78. The molecule has 0 saturated carbocycles. The molecule has 0 aliphatic heterocycles. The van der Waals surface area contributed by atoms with Gasteiger partial charge in [-0.15, -0.1) is 0 Å². The van der Waals surface area contributed by atoms with Crippen molar-refractivity contribution in [1.82, 2.24) is 9.97 Å². The molecule has 1 aromatic rings. The Morgan fingerprint density at radius 1 is 1.75 bits per heavy atom. The number of imidazole rings is 1. The molecule has 1 aromatic heterocycles. The number of rotatable bonds is 2. The van der Waals surface area contributed by atoms with Crippen LogP contribution >= 0.6 is 11.6 Å². The van der Waals surface area contributed by atoms with E-state index in [1.807, 2.05) is 13.8 Å². The molecular formula is C8H10ClN3. The molecule has 1 N–H and O–H groups in total. The number of hydrogen-bond acceptors (Lipinski definition) is 2. The Morgan fingerprint density at radius 2 is 2.42 bits per heavy atom. The summed E-state index contributed by atoms with van der Waals surface area (Å²) in [6.45, 7) is 7.10. The van der Waals surface area contributed by atoms with Crippen molar-refractivity contribution in [3.05, 3.63) is 17.6 Å². The molecule has 0 aromatic carbocycles. The quantitative estimate of drug-likeness (QED) is 0.704. The highest BCUT2D eigenvalue weighted by molar-refractivity contribution is 6.48. The lowest BCUT2D eigenvalue weighted by atomic mass is 10.4. The first kappa shape index (κ1) is 9.00. The van der Waals surface area contributed by atoms with Crippen molar-refractivity contribution >= 4 is 29.2 Å². The zero-order valence-electron chi connectivity index (χ0n) is 7.06. The van der Waals surface area contributed by atoms with Crippen LogP contribution in [0.4, 0.5) is 5.82 Å². The number of allylic oxidation sites excluding steroid dienone is 1. The number of aliphatic imine (C=N–C) groups is 1. The van der Waals surface area contributed by atoms with E-state index in [0.29, 0.717) is 10.9 Å². The average Bonchev–Trinajstić information content (AvgIpc) is 2.45. The minimum atomic E-state index is 0.551. The lowest BCUT2D eigenvalue weighted by Crippen LogP contribution is -1.77. The lowest BCUT2D eigenvalue weighted by molar-refractivity contribution is 1.14. The molecule has 4 heteroatoms. The molecule has 0 fully saturated rings. The number of aromatic amines is 1. The molecule has 0 bridgehead atoms. The molecule has 0 aliphatic carbocycles. The third kappa shape index (κ3) is 1.56. The maximum Gasteiger partial charge on any atom is 0.178 e. The topological polar surface area (TPSA) is 41.0 Å². The second kappa shape index (κ2) is 3.54. The normalized spacial score (nSPS) is 11.8. The predicted octanol–water partition coefficient (Wildman–Crippen LogP) is 2.65. The van der Waals surface area contributed by atoms with Crippen molar-refractivity contribution in [2.24, 2.45) is 4.99 Å². The van der Waals surface area contributed by atoms with Crippen molar-refractivity contribution in [3.8, 4) is 0 Å². The molecule has 0 amide bonds. The van der Waals surface area contributed by atoms with E-state index in [9.17, 15) is 0 Å². The van der Waals surface area contributed by atoms with Gasteiger partial charge in [0, 0.05) is 0 Å². The van der Waals surface area contributed by atoms with E-state index in [-0.39, 0.29) is 0 Å². The van der Waals surface area contributed by atoms with Gasteiger partial charge in [-0.25, -0.2) is 9.98 Å². The van der Waals surface area contributed by atoms with Gasteiger partial charge in [0.2, 0.25) is 0 Å². The Labute approximate surface area is 76.2 Å². The molecular weight excluding hydrogens is 174 g/mol. The van der Waals surface area contributed by atoms with Crippen molar-refractivity contribution in [2.75, 3.05) is 0 Å². The van der Waals surface area contributed by atoms with Crippen LogP contribution in [0.25, 0.3) is 5.03 Å². The Bertz CT molecular complexity index is 325. The molecule has 0 atom stereocenters. The number of halogens is 1. The zero-order chi connectivity index (χ0) is 9.14. The first-order valence-corrected chi connectivity index (χ1v) is 3.92.